The Bertz CT molecular complexity index is 645. The first-order chi connectivity index (χ1) is 11.2. The fourth-order valence-corrected chi connectivity index (χ4v) is 3.00. The van der Waals surface area contributed by atoms with Crippen LogP contribution in [0.1, 0.15) is 29.1 Å². The lowest BCUT2D eigenvalue weighted by molar-refractivity contribution is 0.624. The number of rotatable bonds is 7. The minimum Gasteiger partial charge on any atom is -0.356 e. The second-order valence-corrected chi connectivity index (χ2v) is 6.26. The molecule has 0 spiro atoms. The van der Waals surface area contributed by atoms with Gasteiger partial charge in [-0.05, 0) is 43.9 Å². The van der Waals surface area contributed by atoms with Gasteiger partial charge >= 0.3 is 0 Å². The van der Waals surface area contributed by atoms with Crippen LogP contribution < -0.4 is 10.6 Å². The molecular weight excluding hydrogens is 438 g/mol. The van der Waals surface area contributed by atoms with Gasteiger partial charge < -0.3 is 10.6 Å². The fourth-order valence-electron chi connectivity index (χ4n) is 2.18. The van der Waals surface area contributed by atoms with E-state index >= 15 is 0 Å². The van der Waals surface area contributed by atoms with Crippen LogP contribution in [0.2, 0.25) is 0 Å². The molecule has 2 N–H and O–H groups in total. The third-order valence-corrected chi connectivity index (χ3v) is 4.38. The third kappa shape index (κ3) is 7.57. The lowest BCUT2D eigenvalue weighted by Crippen LogP contribution is -2.37. The SMILES string of the molecule is CN=C(NCCCCc1nc(C)cs1)NCc1cccc(F)c1.I. The molecule has 0 aliphatic carbocycles. The van der Waals surface area contributed by atoms with Gasteiger partial charge in [0.15, 0.2) is 5.96 Å². The lowest BCUT2D eigenvalue weighted by Gasteiger charge is -2.11. The maximum absolute atomic E-state index is 13.1. The number of nitrogens with one attached hydrogen (secondary N) is 2. The smallest absolute Gasteiger partial charge is 0.191 e. The van der Waals surface area contributed by atoms with E-state index in [1.165, 1.54) is 17.1 Å². The van der Waals surface area contributed by atoms with Gasteiger partial charge in [-0.1, -0.05) is 12.1 Å². The largest absolute Gasteiger partial charge is 0.356 e. The maximum Gasteiger partial charge on any atom is 0.191 e. The van der Waals surface area contributed by atoms with E-state index in [0.29, 0.717) is 6.54 Å². The normalized spacial score (nSPS) is 11.0. The van der Waals surface area contributed by atoms with Crippen molar-refractivity contribution >= 4 is 41.3 Å². The summed E-state index contributed by atoms with van der Waals surface area (Å²) in [4.78, 5) is 8.64. The number of thiazole rings is 1. The van der Waals surface area contributed by atoms with E-state index in [2.05, 4.69) is 26.0 Å². The molecule has 0 saturated heterocycles. The van der Waals surface area contributed by atoms with Crippen molar-refractivity contribution in [3.8, 4) is 0 Å². The Morgan fingerprint density at radius 3 is 2.79 bits per heavy atom. The van der Waals surface area contributed by atoms with Crippen LogP contribution in [0.5, 0.6) is 0 Å². The monoisotopic (exact) mass is 462 g/mol. The second kappa shape index (κ2) is 11.4. The number of benzene rings is 1. The molecule has 0 aliphatic rings. The Balaban J connectivity index is 0.00000288. The Hall–Kier alpha value is -1.22. The van der Waals surface area contributed by atoms with Gasteiger partial charge in [0.2, 0.25) is 0 Å². The summed E-state index contributed by atoms with van der Waals surface area (Å²) in [5.41, 5.74) is 2.00. The quantitative estimate of drug-likeness (QED) is 0.284. The van der Waals surface area contributed by atoms with Crippen molar-refractivity contribution in [2.24, 2.45) is 4.99 Å². The van der Waals surface area contributed by atoms with E-state index in [9.17, 15) is 4.39 Å². The van der Waals surface area contributed by atoms with Gasteiger partial charge in [-0.15, -0.1) is 35.3 Å². The van der Waals surface area contributed by atoms with E-state index in [-0.39, 0.29) is 29.8 Å². The van der Waals surface area contributed by atoms with Crippen LogP contribution >= 0.6 is 35.3 Å². The standard InChI is InChI=1S/C17H23FN4S.HI/c1-13-12-23-16(22-13)8-3-4-9-20-17(19-2)21-11-14-6-5-7-15(18)10-14;/h5-7,10,12H,3-4,8-9,11H2,1-2H3,(H2,19,20,21);1H. The molecule has 0 amide bonds. The average Bonchev–Trinajstić information content (AvgIpc) is 2.95. The number of aryl methyl sites for hydroxylation is 2. The number of aromatic nitrogens is 1. The van der Waals surface area contributed by atoms with Gasteiger partial charge in [0.05, 0.1) is 5.01 Å². The highest BCUT2D eigenvalue weighted by atomic mass is 127. The molecule has 2 aromatic rings. The van der Waals surface area contributed by atoms with Crippen molar-refractivity contribution in [1.29, 1.82) is 0 Å². The molecule has 132 valence electrons. The summed E-state index contributed by atoms with van der Waals surface area (Å²) in [5.74, 6) is 0.518. The van der Waals surface area contributed by atoms with Crippen LogP contribution in [0.15, 0.2) is 34.6 Å². The predicted octanol–water partition coefficient (Wildman–Crippen LogP) is 3.90. The summed E-state index contributed by atoms with van der Waals surface area (Å²) in [7, 11) is 1.74. The number of hydrogen-bond acceptors (Lipinski definition) is 3. The molecule has 7 heteroatoms. The van der Waals surface area contributed by atoms with Crippen molar-refractivity contribution in [2.75, 3.05) is 13.6 Å². The van der Waals surface area contributed by atoms with Crippen molar-refractivity contribution in [1.82, 2.24) is 15.6 Å². The molecule has 0 bridgehead atoms. The predicted molar refractivity (Wildman–Crippen MR) is 110 cm³/mol. The van der Waals surface area contributed by atoms with Crippen molar-refractivity contribution in [2.45, 2.75) is 32.7 Å². The number of halogens is 2. The summed E-state index contributed by atoms with van der Waals surface area (Å²) in [6.07, 6.45) is 3.18. The highest BCUT2D eigenvalue weighted by molar-refractivity contribution is 14.0. The third-order valence-electron chi connectivity index (χ3n) is 3.35. The number of guanidine groups is 1. The van der Waals surface area contributed by atoms with Gasteiger partial charge in [0.25, 0.3) is 0 Å². The molecule has 1 heterocycles. The van der Waals surface area contributed by atoms with Crippen LogP contribution in [0.4, 0.5) is 4.39 Å². The van der Waals surface area contributed by atoms with Crippen molar-refractivity contribution in [3.05, 3.63) is 51.7 Å². The summed E-state index contributed by atoms with van der Waals surface area (Å²) in [6.45, 7) is 3.43. The van der Waals surface area contributed by atoms with Crippen LogP contribution in [0, 0.1) is 12.7 Å². The highest BCUT2D eigenvalue weighted by Gasteiger charge is 2.01. The van der Waals surface area contributed by atoms with Crippen LogP contribution in [-0.4, -0.2) is 24.5 Å². The summed E-state index contributed by atoms with van der Waals surface area (Å²) < 4.78 is 13.1. The molecule has 0 unspecified atom stereocenters. The average molecular weight is 462 g/mol. The number of nitrogens with zero attached hydrogens (tertiary/aromatic N) is 2. The minimum atomic E-state index is -0.218. The Labute approximate surface area is 164 Å². The van der Waals surface area contributed by atoms with Crippen LogP contribution in [0.3, 0.4) is 0 Å². The second-order valence-electron chi connectivity index (χ2n) is 5.32. The van der Waals surface area contributed by atoms with Gasteiger partial charge in [-0.25, -0.2) is 9.37 Å². The first kappa shape index (κ1) is 20.8. The first-order valence-corrected chi connectivity index (χ1v) is 8.65. The topological polar surface area (TPSA) is 49.3 Å². The molecule has 1 aromatic carbocycles. The summed E-state index contributed by atoms with van der Waals surface area (Å²) in [6, 6.07) is 6.57. The number of hydrogen-bond donors (Lipinski definition) is 2. The van der Waals surface area contributed by atoms with E-state index in [0.717, 1.165) is 43.0 Å². The molecule has 0 atom stereocenters. The molecule has 0 radical (unpaired) electrons. The highest BCUT2D eigenvalue weighted by Crippen LogP contribution is 2.11. The van der Waals surface area contributed by atoms with Crippen LogP contribution in [-0.2, 0) is 13.0 Å². The Morgan fingerprint density at radius 2 is 2.12 bits per heavy atom. The molecule has 0 aliphatic heterocycles. The van der Waals surface area contributed by atoms with E-state index in [1.807, 2.05) is 13.0 Å². The molecule has 0 saturated carbocycles. The fraction of sp³-hybridized carbons (Fsp3) is 0.412. The maximum atomic E-state index is 13.1. The zero-order chi connectivity index (χ0) is 16.5. The van der Waals surface area contributed by atoms with Gasteiger partial charge in [-0.2, -0.15) is 0 Å². The Kier molecular flexibility index (Phi) is 9.85. The molecule has 1 aromatic heterocycles. The van der Waals surface area contributed by atoms with E-state index in [1.54, 1.807) is 24.5 Å². The molecule has 0 fully saturated rings. The van der Waals surface area contributed by atoms with Gasteiger partial charge in [0, 0.05) is 31.2 Å². The lowest BCUT2D eigenvalue weighted by atomic mass is 10.2. The zero-order valence-corrected chi connectivity index (χ0v) is 17.2. The van der Waals surface area contributed by atoms with Crippen molar-refractivity contribution < 1.29 is 4.39 Å². The molecule has 24 heavy (non-hydrogen) atoms. The zero-order valence-electron chi connectivity index (χ0n) is 14.0. The summed E-state index contributed by atoms with van der Waals surface area (Å²) in [5, 5.41) is 9.75. The number of aliphatic imine (C=N–C) groups is 1. The molecular formula is C17H24FIN4S. The van der Waals surface area contributed by atoms with E-state index < -0.39 is 0 Å². The van der Waals surface area contributed by atoms with Gasteiger partial charge in [0.1, 0.15) is 5.82 Å². The minimum absolute atomic E-state index is 0. The van der Waals surface area contributed by atoms with Crippen LogP contribution in [0.25, 0.3) is 0 Å². The van der Waals surface area contributed by atoms with E-state index in [4.69, 9.17) is 0 Å². The summed E-state index contributed by atoms with van der Waals surface area (Å²) >= 11 is 1.73. The first-order valence-electron chi connectivity index (χ1n) is 7.77. The van der Waals surface area contributed by atoms with Gasteiger partial charge in [-0.3, -0.25) is 4.99 Å². The molecule has 4 nitrogen and oxygen atoms in total. The van der Waals surface area contributed by atoms with Crippen molar-refractivity contribution in [3.63, 3.8) is 0 Å². The Morgan fingerprint density at radius 1 is 1.29 bits per heavy atom. The molecule has 2 rings (SSSR count). The number of unbranched alkanes of at least 4 members (excludes halogenated alkanes) is 1.